The Morgan fingerprint density at radius 3 is 2.75 bits per heavy atom. The zero-order chi connectivity index (χ0) is 20.1. The van der Waals surface area contributed by atoms with Crippen molar-refractivity contribution in [3.05, 3.63) is 58.6 Å². The van der Waals surface area contributed by atoms with E-state index < -0.39 is 0 Å². The Morgan fingerprint density at radius 2 is 2.04 bits per heavy atom. The molecule has 2 aromatic carbocycles. The smallest absolute Gasteiger partial charge is 0.255 e. The molecule has 0 saturated carbocycles. The van der Waals surface area contributed by atoms with Crippen LogP contribution in [0.25, 0.3) is 0 Å². The number of hydrogen-bond acceptors (Lipinski definition) is 3. The first-order valence-electron chi connectivity index (χ1n) is 9.49. The van der Waals surface area contributed by atoms with Gasteiger partial charge in [0.05, 0.1) is 17.2 Å². The van der Waals surface area contributed by atoms with Crippen molar-refractivity contribution in [1.82, 2.24) is 4.90 Å². The summed E-state index contributed by atoms with van der Waals surface area (Å²) in [5, 5.41) is 3.01. The van der Waals surface area contributed by atoms with Gasteiger partial charge in [-0.1, -0.05) is 29.8 Å². The minimum absolute atomic E-state index is 0.0834. The maximum Gasteiger partial charge on any atom is 0.255 e. The second kappa shape index (κ2) is 9.11. The summed E-state index contributed by atoms with van der Waals surface area (Å²) in [6.45, 7) is 5.40. The van der Waals surface area contributed by atoms with E-state index in [1.54, 1.807) is 18.2 Å². The quantitative estimate of drug-likeness (QED) is 0.801. The lowest BCUT2D eigenvalue weighted by atomic mass is 9.98. The molecule has 1 atom stereocenters. The van der Waals surface area contributed by atoms with E-state index in [9.17, 15) is 9.59 Å². The van der Waals surface area contributed by atoms with E-state index in [4.69, 9.17) is 16.3 Å². The molecule has 28 heavy (non-hydrogen) atoms. The standard InChI is InChI=1S/C22H25ClN2O3/c1-15-6-3-4-8-21(15)28-14-17-7-5-11-25(13-17)22(27)19-10-9-18(12-20(19)23)24-16(2)26/h3-4,6,8-10,12,17H,5,7,11,13-14H2,1-2H3,(H,24,26). The summed E-state index contributed by atoms with van der Waals surface area (Å²) < 4.78 is 5.98. The number of nitrogens with zero attached hydrogens (tertiary/aromatic N) is 1. The molecular formula is C22H25ClN2O3. The number of piperidine rings is 1. The number of benzene rings is 2. The predicted octanol–water partition coefficient (Wildman–Crippen LogP) is 4.54. The minimum atomic E-state index is -0.178. The van der Waals surface area contributed by atoms with Gasteiger partial charge in [0.15, 0.2) is 0 Å². The molecule has 1 heterocycles. The minimum Gasteiger partial charge on any atom is -0.493 e. The van der Waals surface area contributed by atoms with Crippen molar-refractivity contribution in [3.63, 3.8) is 0 Å². The normalized spacial score (nSPS) is 16.5. The molecule has 1 N–H and O–H groups in total. The molecule has 0 aromatic heterocycles. The summed E-state index contributed by atoms with van der Waals surface area (Å²) in [6.07, 6.45) is 1.97. The molecule has 1 fully saturated rings. The molecule has 2 aromatic rings. The van der Waals surface area contributed by atoms with Crippen molar-refractivity contribution >= 4 is 29.1 Å². The van der Waals surface area contributed by atoms with Crippen molar-refractivity contribution in [1.29, 1.82) is 0 Å². The van der Waals surface area contributed by atoms with Crippen molar-refractivity contribution < 1.29 is 14.3 Å². The number of hydrogen-bond donors (Lipinski definition) is 1. The summed E-state index contributed by atoms with van der Waals surface area (Å²) in [7, 11) is 0. The fraction of sp³-hybridized carbons (Fsp3) is 0.364. The van der Waals surface area contributed by atoms with Crippen molar-refractivity contribution in [2.75, 3.05) is 25.0 Å². The van der Waals surface area contributed by atoms with Gasteiger partial charge in [-0.25, -0.2) is 0 Å². The summed E-state index contributed by atoms with van der Waals surface area (Å²) in [5.41, 5.74) is 2.14. The third-order valence-electron chi connectivity index (χ3n) is 4.89. The molecule has 6 heteroatoms. The van der Waals surface area contributed by atoms with Crippen LogP contribution in [0.15, 0.2) is 42.5 Å². The fourth-order valence-corrected chi connectivity index (χ4v) is 3.71. The Morgan fingerprint density at radius 1 is 1.25 bits per heavy atom. The van der Waals surface area contributed by atoms with Crippen LogP contribution >= 0.6 is 11.6 Å². The molecule has 1 aliphatic heterocycles. The van der Waals surface area contributed by atoms with E-state index in [0.717, 1.165) is 24.2 Å². The number of rotatable bonds is 5. The second-order valence-electron chi connectivity index (χ2n) is 7.21. The maximum atomic E-state index is 12.9. The monoisotopic (exact) mass is 400 g/mol. The number of likely N-dealkylation sites (tertiary alicyclic amines) is 1. The van der Waals surface area contributed by atoms with E-state index in [1.807, 2.05) is 36.1 Å². The van der Waals surface area contributed by atoms with Crippen LogP contribution in [0.4, 0.5) is 5.69 Å². The Kier molecular flexibility index (Phi) is 6.57. The van der Waals surface area contributed by atoms with Gasteiger partial charge < -0.3 is 15.0 Å². The number of aryl methyl sites for hydroxylation is 1. The van der Waals surface area contributed by atoms with Crippen LogP contribution in [-0.4, -0.2) is 36.4 Å². The number of anilines is 1. The van der Waals surface area contributed by atoms with Gasteiger partial charge in [-0.3, -0.25) is 9.59 Å². The Bertz CT molecular complexity index is 869. The Balaban J connectivity index is 1.62. The van der Waals surface area contributed by atoms with Gasteiger partial charge in [0.1, 0.15) is 5.75 Å². The number of carbonyl (C=O) groups is 2. The van der Waals surface area contributed by atoms with E-state index in [2.05, 4.69) is 5.32 Å². The topological polar surface area (TPSA) is 58.6 Å². The average Bonchev–Trinajstić information content (AvgIpc) is 2.67. The van der Waals surface area contributed by atoms with E-state index >= 15 is 0 Å². The van der Waals surface area contributed by atoms with Crippen molar-refractivity contribution in [2.24, 2.45) is 5.92 Å². The summed E-state index contributed by atoms with van der Waals surface area (Å²) in [5.74, 6) is 0.917. The molecular weight excluding hydrogens is 376 g/mol. The van der Waals surface area contributed by atoms with E-state index in [0.29, 0.717) is 36.0 Å². The van der Waals surface area contributed by atoms with Crippen LogP contribution in [0, 0.1) is 12.8 Å². The zero-order valence-electron chi connectivity index (χ0n) is 16.2. The zero-order valence-corrected chi connectivity index (χ0v) is 17.0. The highest BCUT2D eigenvalue weighted by atomic mass is 35.5. The van der Waals surface area contributed by atoms with Gasteiger partial charge in [0.25, 0.3) is 5.91 Å². The maximum absolute atomic E-state index is 12.9. The van der Waals surface area contributed by atoms with Gasteiger partial charge in [0.2, 0.25) is 5.91 Å². The lowest BCUT2D eigenvalue weighted by molar-refractivity contribution is -0.114. The third kappa shape index (κ3) is 5.04. The largest absolute Gasteiger partial charge is 0.493 e. The summed E-state index contributed by atoms with van der Waals surface area (Å²) in [6, 6.07) is 12.9. The molecule has 2 amide bonds. The van der Waals surface area contributed by atoms with E-state index in [1.165, 1.54) is 6.92 Å². The number of nitrogens with one attached hydrogen (secondary N) is 1. The average molecular weight is 401 g/mol. The van der Waals surface area contributed by atoms with Crippen LogP contribution in [-0.2, 0) is 4.79 Å². The van der Waals surface area contributed by atoms with Crippen LogP contribution < -0.4 is 10.1 Å². The fourth-order valence-electron chi connectivity index (χ4n) is 3.45. The number of amides is 2. The highest BCUT2D eigenvalue weighted by molar-refractivity contribution is 6.34. The molecule has 0 bridgehead atoms. The molecule has 0 spiro atoms. The SMILES string of the molecule is CC(=O)Nc1ccc(C(=O)N2CCCC(COc3ccccc3C)C2)c(Cl)c1. The Hall–Kier alpha value is -2.53. The van der Waals surface area contributed by atoms with Crippen LogP contribution in [0.3, 0.4) is 0 Å². The van der Waals surface area contributed by atoms with Gasteiger partial charge in [-0.05, 0) is 49.6 Å². The van der Waals surface area contributed by atoms with Crippen LogP contribution in [0.5, 0.6) is 5.75 Å². The summed E-state index contributed by atoms with van der Waals surface area (Å²) in [4.78, 5) is 26.0. The highest BCUT2D eigenvalue weighted by Crippen LogP contribution is 2.26. The number of carbonyl (C=O) groups excluding carboxylic acids is 2. The first-order valence-corrected chi connectivity index (χ1v) is 9.86. The van der Waals surface area contributed by atoms with Gasteiger partial charge >= 0.3 is 0 Å². The van der Waals surface area contributed by atoms with Crippen molar-refractivity contribution in [3.8, 4) is 5.75 Å². The van der Waals surface area contributed by atoms with Crippen LogP contribution in [0.2, 0.25) is 5.02 Å². The number of para-hydroxylation sites is 1. The molecule has 1 saturated heterocycles. The van der Waals surface area contributed by atoms with Gasteiger partial charge in [-0.2, -0.15) is 0 Å². The predicted molar refractivity (Wildman–Crippen MR) is 111 cm³/mol. The molecule has 0 radical (unpaired) electrons. The second-order valence-corrected chi connectivity index (χ2v) is 7.62. The molecule has 1 aliphatic rings. The lowest BCUT2D eigenvalue weighted by Gasteiger charge is -2.33. The first kappa shape index (κ1) is 20.2. The highest BCUT2D eigenvalue weighted by Gasteiger charge is 2.26. The number of ether oxygens (including phenoxy) is 1. The van der Waals surface area contributed by atoms with Crippen molar-refractivity contribution in [2.45, 2.75) is 26.7 Å². The third-order valence-corrected chi connectivity index (χ3v) is 5.21. The van der Waals surface area contributed by atoms with Gasteiger partial charge in [-0.15, -0.1) is 0 Å². The number of halogens is 1. The van der Waals surface area contributed by atoms with Crippen LogP contribution in [0.1, 0.15) is 35.7 Å². The molecule has 5 nitrogen and oxygen atoms in total. The first-order chi connectivity index (χ1) is 13.4. The van der Waals surface area contributed by atoms with E-state index in [-0.39, 0.29) is 17.7 Å². The molecule has 1 unspecified atom stereocenters. The molecule has 0 aliphatic carbocycles. The lowest BCUT2D eigenvalue weighted by Crippen LogP contribution is -2.41. The van der Waals surface area contributed by atoms with Gasteiger partial charge in [0, 0.05) is 31.6 Å². The molecule has 148 valence electrons. The summed E-state index contributed by atoms with van der Waals surface area (Å²) >= 11 is 6.30. The Labute approximate surface area is 170 Å². The molecule has 3 rings (SSSR count).